The normalized spacial score (nSPS) is 10.4. The van der Waals surface area contributed by atoms with Gasteiger partial charge in [-0.2, -0.15) is 0 Å². The van der Waals surface area contributed by atoms with Gasteiger partial charge in [-0.3, -0.25) is 4.79 Å². The Morgan fingerprint density at radius 2 is 1.05 bits per heavy atom. The van der Waals surface area contributed by atoms with Crippen LogP contribution < -0.4 is 0 Å². The number of ketones is 1. The van der Waals surface area contributed by atoms with Crippen LogP contribution in [0.5, 0.6) is 34.5 Å². The average molecular weight is 278 g/mol. The van der Waals surface area contributed by atoms with Crippen molar-refractivity contribution in [3.05, 3.63) is 35.4 Å². The number of phenolic OH excluding ortho intramolecular Hbond substituents is 6. The zero-order chi connectivity index (χ0) is 15.0. The number of aromatic hydroxyl groups is 6. The van der Waals surface area contributed by atoms with Gasteiger partial charge in [0.15, 0.2) is 11.5 Å². The van der Waals surface area contributed by atoms with Crippen LogP contribution in [0.1, 0.15) is 15.9 Å². The van der Waals surface area contributed by atoms with Crippen LogP contribution >= 0.6 is 0 Å². The van der Waals surface area contributed by atoms with Crippen molar-refractivity contribution in [2.24, 2.45) is 0 Å². The van der Waals surface area contributed by atoms with Gasteiger partial charge in [-0.15, -0.1) is 0 Å². The predicted octanol–water partition coefficient (Wildman–Crippen LogP) is 1.15. The minimum Gasteiger partial charge on any atom is -0.508 e. The van der Waals surface area contributed by atoms with Crippen molar-refractivity contribution in [2.45, 2.75) is 0 Å². The van der Waals surface area contributed by atoms with Crippen molar-refractivity contribution >= 4 is 5.78 Å². The van der Waals surface area contributed by atoms with Crippen LogP contribution in [0.25, 0.3) is 0 Å². The van der Waals surface area contributed by atoms with E-state index in [9.17, 15) is 30.3 Å². The number of carbonyl (C=O) groups excluding carboxylic acids is 1. The summed E-state index contributed by atoms with van der Waals surface area (Å²) in [5.41, 5.74) is -0.777. The van der Waals surface area contributed by atoms with Crippen molar-refractivity contribution in [1.82, 2.24) is 0 Å². The molecule has 104 valence electrons. The standard InChI is InChI=1S/C13H10O7/c14-6-3-1-5(2-4-6)8(15)7-9(16)11(18)13(20)12(19)10(7)17/h1-4,14,16-20H. The van der Waals surface area contributed by atoms with Crippen LogP contribution in [0, 0.1) is 0 Å². The second-order valence-corrected chi connectivity index (χ2v) is 3.99. The highest BCUT2D eigenvalue weighted by Crippen LogP contribution is 2.51. The van der Waals surface area contributed by atoms with Gasteiger partial charge in [0.05, 0.1) is 0 Å². The number of benzene rings is 2. The molecule has 6 N–H and O–H groups in total. The molecule has 2 aromatic rings. The molecule has 0 saturated carbocycles. The molecule has 0 aliphatic carbocycles. The summed E-state index contributed by atoms with van der Waals surface area (Å²) in [5.74, 6) is -6.50. The van der Waals surface area contributed by atoms with Crippen LogP contribution in [0.3, 0.4) is 0 Å². The number of phenols is 6. The Bertz CT molecular complexity index is 660. The molecule has 7 heteroatoms. The molecule has 0 heterocycles. The zero-order valence-electron chi connectivity index (χ0n) is 9.90. The third-order valence-electron chi connectivity index (χ3n) is 2.73. The molecule has 0 radical (unpaired) electrons. The predicted molar refractivity (Wildman–Crippen MR) is 66.3 cm³/mol. The fraction of sp³-hybridized carbons (Fsp3) is 0. The van der Waals surface area contributed by atoms with Gasteiger partial charge in [-0.25, -0.2) is 0 Å². The van der Waals surface area contributed by atoms with E-state index >= 15 is 0 Å². The quantitative estimate of drug-likeness (QED) is 0.275. The Morgan fingerprint density at radius 3 is 1.50 bits per heavy atom. The Kier molecular flexibility index (Phi) is 3.03. The van der Waals surface area contributed by atoms with E-state index < -0.39 is 40.1 Å². The van der Waals surface area contributed by atoms with Crippen molar-refractivity contribution in [1.29, 1.82) is 0 Å². The summed E-state index contributed by atoms with van der Waals surface area (Å²) in [5, 5.41) is 56.3. The Labute approximate surface area is 112 Å². The van der Waals surface area contributed by atoms with Gasteiger partial charge in [-0.1, -0.05) is 0 Å². The first-order valence-corrected chi connectivity index (χ1v) is 5.37. The van der Waals surface area contributed by atoms with Crippen LogP contribution in [-0.2, 0) is 0 Å². The van der Waals surface area contributed by atoms with E-state index in [1.165, 1.54) is 24.3 Å². The highest BCUT2D eigenvalue weighted by molar-refractivity contribution is 6.13. The number of rotatable bonds is 2. The van der Waals surface area contributed by atoms with Crippen molar-refractivity contribution in [2.75, 3.05) is 0 Å². The van der Waals surface area contributed by atoms with E-state index in [2.05, 4.69) is 0 Å². The lowest BCUT2D eigenvalue weighted by molar-refractivity contribution is 0.103. The second kappa shape index (κ2) is 4.54. The highest BCUT2D eigenvalue weighted by Gasteiger charge is 2.28. The van der Waals surface area contributed by atoms with Gasteiger partial charge in [-0.05, 0) is 24.3 Å². The molecule has 0 aliphatic rings. The Hall–Kier alpha value is -3.09. The minimum atomic E-state index is -1.14. The maximum atomic E-state index is 12.1. The van der Waals surface area contributed by atoms with Crippen molar-refractivity contribution < 1.29 is 35.4 Å². The molecular weight excluding hydrogens is 268 g/mol. The van der Waals surface area contributed by atoms with E-state index in [0.29, 0.717) is 0 Å². The zero-order valence-corrected chi connectivity index (χ0v) is 9.90. The van der Waals surface area contributed by atoms with E-state index in [1.54, 1.807) is 0 Å². The smallest absolute Gasteiger partial charge is 0.208 e. The molecule has 0 amide bonds. The van der Waals surface area contributed by atoms with E-state index in [4.69, 9.17) is 5.11 Å². The lowest BCUT2D eigenvalue weighted by Gasteiger charge is -2.11. The molecule has 0 spiro atoms. The maximum absolute atomic E-state index is 12.1. The lowest BCUT2D eigenvalue weighted by atomic mass is 10.00. The molecule has 20 heavy (non-hydrogen) atoms. The summed E-state index contributed by atoms with van der Waals surface area (Å²) in [6.07, 6.45) is 0. The van der Waals surface area contributed by atoms with Crippen molar-refractivity contribution in [3.63, 3.8) is 0 Å². The van der Waals surface area contributed by atoms with Gasteiger partial charge in [0.2, 0.25) is 23.0 Å². The summed E-state index contributed by atoms with van der Waals surface area (Å²) in [4.78, 5) is 12.1. The third kappa shape index (κ3) is 1.91. The summed E-state index contributed by atoms with van der Waals surface area (Å²) >= 11 is 0. The number of hydrogen-bond acceptors (Lipinski definition) is 7. The highest BCUT2D eigenvalue weighted by atomic mass is 16.4. The molecule has 2 aromatic carbocycles. The van der Waals surface area contributed by atoms with Gasteiger partial charge >= 0.3 is 0 Å². The minimum absolute atomic E-state index is 0.0158. The molecule has 0 unspecified atom stereocenters. The molecule has 2 rings (SSSR count). The largest absolute Gasteiger partial charge is 0.508 e. The Balaban J connectivity index is 2.64. The van der Waals surface area contributed by atoms with E-state index in [0.717, 1.165) is 0 Å². The summed E-state index contributed by atoms with van der Waals surface area (Å²) in [6, 6.07) is 4.86. The van der Waals surface area contributed by atoms with Crippen LogP contribution in [0.15, 0.2) is 24.3 Å². The lowest BCUT2D eigenvalue weighted by Crippen LogP contribution is -2.02. The number of carbonyl (C=O) groups is 1. The molecule has 7 nitrogen and oxygen atoms in total. The molecule has 0 fully saturated rings. The van der Waals surface area contributed by atoms with Gasteiger partial charge in [0.25, 0.3) is 0 Å². The molecule has 0 aromatic heterocycles. The second-order valence-electron chi connectivity index (χ2n) is 3.99. The van der Waals surface area contributed by atoms with Gasteiger partial charge in [0, 0.05) is 5.56 Å². The monoisotopic (exact) mass is 278 g/mol. The van der Waals surface area contributed by atoms with Gasteiger partial charge in [0.1, 0.15) is 11.3 Å². The third-order valence-corrected chi connectivity index (χ3v) is 2.73. The molecule has 0 saturated heterocycles. The Morgan fingerprint density at radius 1 is 0.650 bits per heavy atom. The summed E-state index contributed by atoms with van der Waals surface area (Å²) in [6.45, 7) is 0. The molecule has 0 aliphatic heterocycles. The number of hydrogen-bond donors (Lipinski definition) is 6. The van der Waals surface area contributed by atoms with E-state index in [1.807, 2.05) is 0 Å². The SMILES string of the molecule is O=C(c1ccc(O)cc1)c1c(O)c(O)c(O)c(O)c1O. The van der Waals surface area contributed by atoms with Crippen LogP contribution in [-0.4, -0.2) is 36.4 Å². The first-order valence-electron chi connectivity index (χ1n) is 5.37. The summed E-state index contributed by atoms with van der Waals surface area (Å²) in [7, 11) is 0. The molecular formula is C13H10O7. The van der Waals surface area contributed by atoms with E-state index in [-0.39, 0.29) is 11.3 Å². The van der Waals surface area contributed by atoms with Crippen molar-refractivity contribution in [3.8, 4) is 34.5 Å². The molecule has 0 bridgehead atoms. The van der Waals surface area contributed by atoms with Crippen LogP contribution in [0.4, 0.5) is 0 Å². The first kappa shape index (κ1) is 13.3. The van der Waals surface area contributed by atoms with Gasteiger partial charge < -0.3 is 30.6 Å². The first-order chi connectivity index (χ1) is 9.34. The fourth-order valence-electron chi connectivity index (χ4n) is 1.66. The average Bonchev–Trinajstić information content (AvgIpc) is 2.44. The molecule has 0 atom stereocenters. The maximum Gasteiger partial charge on any atom is 0.208 e. The van der Waals surface area contributed by atoms with Crippen LogP contribution in [0.2, 0.25) is 0 Å². The topological polar surface area (TPSA) is 138 Å². The summed E-state index contributed by atoms with van der Waals surface area (Å²) < 4.78 is 0. The fourth-order valence-corrected chi connectivity index (χ4v) is 1.66.